The monoisotopic (exact) mass is 849 g/mol. The highest BCUT2D eigenvalue weighted by Gasteiger charge is 2.43. The lowest BCUT2D eigenvalue weighted by atomic mass is 9.73. The molecule has 0 bridgehead atoms. The zero-order chi connectivity index (χ0) is 43.3. The molecule has 308 valence electrons. The number of nitrogens with zero attached hydrogens (tertiary/aromatic N) is 5. The molecule has 1 aliphatic heterocycles. The van der Waals surface area contributed by atoms with Crippen molar-refractivity contribution in [3.05, 3.63) is 236 Å². The van der Waals surface area contributed by atoms with Crippen molar-refractivity contribution in [3.63, 3.8) is 0 Å². The van der Waals surface area contributed by atoms with E-state index in [1.807, 2.05) is 12.4 Å². The van der Waals surface area contributed by atoms with Crippen molar-refractivity contribution in [2.24, 2.45) is 0 Å². The highest BCUT2D eigenvalue weighted by Crippen LogP contribution is 2.55. The van der Waals surface area contributed by atoms with Crippen molar-refractivity contribution in [2.45, 2.75) is 19.3 Å². The van der Waals surface area contributed by atoms with Crippen LogP contribution in [0.1, 0.15) is 25.0 Å². The molecule has 0 saturated heterocycles. The van der Waals surface area contributed by atoms with Crippen molar-refractivity contribution in [2.75, 3.05) is 4.90 Å². The topological polar surface area (TPSA) is 38.4 Å². The van der Waals surface area contributed by atoms with E-state index in [2.05, 4.69) is 240 Å². The van der Waals surface area contributed by atoms with Gasteiger partial charge in [-0.3, -0.25) is 8.97 Å². The summed E-state index contributed by atoms with van der Waals surface area (Å²) in [7, 11) is -3.08. The molecule has 0 saturated carbocycles. The van der Waals surface area contributed by atoms with Crippen molar-refractivity contribution < 1.29 is 0 Å². The second-order valence-electron chi connectivity index (χ2n) is 17.8. The molecule has 0 fully saturated rings. The van der Waals surface area contributed by atoms with Gasteiger partial charge >= 0.3 is 0 Å². The molecule has 13 rings (SSSR count). The maximum atomic E-state index is 5.22. The van der Waals surface area contributed by atoms with E-state index in [9.17, 15) is 0 Å². The fourth-order valence-corrected chi connectivity index (χ4v) is 16.1. The van der Waals surface area contributed by atoms with Crippen LogP contribution in [0, 0.1) is 0 Å². The molecule has 0 aliphatic carbocycles. The molecule has 1 aliphatic rings. The predicted molar refractivity (Wildman–Crippen MR) is 273 cm³/mol. The van der Waals surface area contributed by atoms with Gasteiger partial charge in [-0.15, -0.1) is 0 Å². The van der Waals surface area contributed by atoms with Gasteiger partial charge in [0.25, 0.3) is 0 Å². The van der Waals surface area contributed by atoms with E-state index < -0.39 is 8.07 Å². The quantitative estimate of drug-likeness (QED) is 0.0950. The summed E-state index contributed by atoms with van der Waals surface area (Å²) in [4.78, 5) is 12.7. The fourth-order valence-electron chi connectivity index (χ4n) is 11.3. The van der Waals surface area contributed by atoms with Crippen molar-refractivity contribution >= 4 is 95.1 Å². The average molecular weight is 850 g/mol. The van der Waals surface area contributed by atoms with E-state index in [0.29, 0.717) is 0 Å². The minimum Gasteiger partial charge on any atom is -0.308 e. The second-order valence-corrected chi connectivity index (χ2v) is 21.6. The minimum absolute atomic E-state index is 0.272. The molecule has 0 spiro atoms. The van der Waals surface area contributed by atoms with Crippen molar-refractivity contribution in [1.29, 1.82) is 0 Å². The summed E-state index contributed by atoms with van der Waals surface area (Å²) < 4.78 is 4.69. The lowest BCUT2D eigenvalue weighted by molar-refractivity contribution is 0.633. The molecule has 5 heterocycles. The molecular weight excluding hydrogens is 807 g/mol. The minimum atomic E-state index is -3.08. The van der Waals surface area contributed by atoms with Crippen LogP contribution in [0.15, 0.2) is 225 Å². The van der Waals surface area contributed by atoms with Gasteiger partial charge in [-0.25, -0.2) is 9.97 Å². The van der Waals surface area contributed by atoms with Crippen molar-refractivity contribution in [3.8, 4) is 5.69 Å². The van der Waals surface area contributed by atoms with E-state index in [0.717, 1.165) is 44.5 Å². The number of imidazole rings is 1. The Morgan fingerprint density at radius 3 is 1.86 bits per heavy atom. The number of para-hydroxylation sites is 3. The number of hydrogen-bond donors (Lipinski definition) is 0. The number of benzene rings is 8. The molecular formula is C59H43N5Si. The van der Waals surface area contributed by atoms with E-state index in [1.54, 1.807) is 0 Å². The molecule has 0 unspecified atom stereocenters. The van der Waals surface area contributed by atoms with Crippen LogP contribution < -0.4 is 25.6 Å². The Kier molecular flexibility index (Phi) is 8.20. The Labute approximate surface area is 378 Å². The van der Waals surface area contributed by atoms with Crippen LogP contribution in [0.2, 0.25) is 0 Å². The first-order valence-electron chi connectivity index (χ1n) is 22.4. The summed E-state index contributed by atoms with van der Waals surface area (Å²) in [5.41, 5.74) is 11.1. The molecule has 0 radical (unpaired) electrons. The molecule has 5 nitrogen and oxygen atoms in total. The maximum absolute atomic E-state index is 5.22. The fraction of sp³-hybridized carbons (Fsp3) is 0.0508. The smallest absolute Gasteiger partial charge is 0.179 e. The Hall–Kier alpha value is -8.06. The summed E-state index contributed by atoms with van der Waals surface area (Å²) in [5.74, 6) is 0. The Balaban J connectivity index is 1.14. The molecule has 12 aromatic rings. The predicted octanol–water partition coefficient (Wildman–Crippen LogP) is 11.6. The van der Waals surface area contributed by atoms with Crippen LogP contribution in [0.5, 0.6) is 0 Å². The standard InChI is InChI=1S/C59H43N5Si/c1-59(2)51-28-13-15-30-54(51)63(40-18-6-3-7-19-40)56-52(59)34-33-48-49-27-17-35-60-58(49)64(55(48)56)41-20-16-25-44(38-41)65(42-21-8-4-9-22-42,43-23-10-5-11-24-43)45-31-32-46-47-26-12-14-29-53(47)62-37-36-61-57(62)50(46)39-45/h3-39H,1-2H3. The average Bonchev–Trinajstić information content (AvgIpc) is 4.00. The van der Waals surface area contributed by atoms with Crippen LogP contribution in [-0.2, 0) is 5.41 Å². The third-order valence-electron chi connectivity index (χ3n) is 14.1. The zero-order valence-corrected chi connectivity index (χ0v) is 37.1. The van der Waals surface area contributed by atoms with Crippen LogP contribution in [0.4, 0.5) is 17.1 Å². The molecule has 4 aromatic heterocycles. The Morgan fingerprint density at radius 1 is 0.431 bits per heavy atom. The number of anilines is 3. The SMILES string of the molecule is CC1(C)c2ccccc2N(c2ccccc2)c2c1ccc1c3cccnc3n(-c3cccc([Si](c4ccccc4)(c4ccccc4)c4ccc5c6ccccc6n6ccnc6c5c4)c3)c21. The summed E-state index contributed by atoms with van der Waals surface area (Å²) >= 11 is 0. The van der Waals surface area contributed by atoms with Gasteiger partial charge in [0, 0.05) is 56.9 Å². The largest absolute Gasteiger partial charge is 0.308 e. The highest BCUT2D eigenvalue weighted by atomic mass is 28.3. The van der Waals surface area contributed by atoms with E-state index in [-0.39, 0.29) is 5.41 Å². The third-order valence-corrected chi connectivity index (χ3v) is 18.9. The third kappa shape index (κ3) is 5.32. The molecule has 6 heteroatoms. The number of rotatable bonds is 6. The molecule has 0 amide bonds. The number of pyridine rings is 2. The highest BCUT2D eigenvalue weighted by molar-refractivity contribution is 7.20. The van der Waals surface area contributed by atoms with Gasteiger partial charge in [0.2, 0.25) is 0 Å². The van der Waals surface area contributed by atoms with Crippen LogP contribution in [0.3, 0.4) is 0 Å². The number of aromatic nitrogens is 4. The Morgan fingerprint density at radius 2 is 1.06 bits per heavy atom. The van der Waals surface area contributed by atoms with Gasteiger partial charge in [-0.2, -0.15) is 0 Å². The number of hydrogen-bond acceptors (Lipinski definition) is 3. The molecule has 65 heavy (non-hydrogen) atoms. The van der Waals surface area contributed by atoms with E-state index >= 15 is 0 Å². The van der Waals surface area contributed by atoms with E-state index in [4.69, 9.17) is 9.97 Å². The molecule has 0 atom stereocenters. The van der Waals surface area contributed by atoms with Gasteiger partial charge in [0.1, 0.15) is 11.3 Å². The first kappa shape index (κ1) is 37.5. The lowest BCUT2D eigenvalue weighted by Crippen LogP contribution is -2.74. The summed E-state index contributed by atoms with van der Waals surface area (Å²) in [5, 5.41) is 11.1. The first-order chi connectivity index (χ1) is 32.0. The summed E-state index contributed by atoms with van der Waals surface area (Å²) in [6.45, 7) is 4.74. The van der Waals surface area contributed by atoms with Crippen molar-refractivity contribution in [1.82, 2.24) is 18.9 Å². The number of fused-ring (bicyclic) bond motifs is 12. The zero-order valence-electron chi connectivity index (χ0n) is 36.1. The van der Waals surface area contributed by atoms with Crippen LogP contribution in [0.25, 0.3) is 54.9 Å². The maximum Gasteiger partial charge on any atom is 0.179 e. The Bertz CT molecular complexity index is 3780. The second kappa shape index (κ2) is 14.2. The van der Waals surface area contributed by atoms with Gasteiger partial charge in [-0.05, 0) is 85.8 Å². The van der Waals surface area contributed by atoms with Crippen LogP contribution in [-0.4, -0.2) is 27.0 Å². The normalized spacial score (nSPS) is 13.5. The van der Waals surface area contributed by atoms with Crippen LogP contribution >= 0.6 is 0 Å². The van der Waals surface area contributed by atoms with Gasteiger partial charge in [0.15, 0.2) is 8.07 Å². The van der Waals surface area contributed by atoms with Gasteiger partial charge < -0.3 is 4.90 Å². The lowest BCUT2D eigenvalue weighted by Gasteiger charge is -2.42. The first-order valence-corrected chi connectivity index (χ1v) is 24.4. The van der Waals surface area contributed by atoms with E-state index in [1.165, 1.54) is 59.4 Å². The molecule has 0 N–H and O–H groups in total. The summed E-state index contributed by atoms with van der Waals surface area (Å²) in [6.07, 6.45) is 5.95. The van der Waals surface area contributed by atoms with Gasteiger partial charge in [-0.1, -0.05) is 172 Å². The van der Waals surface area contributed by atoms with Gasteiger partial charge in [0.05, 0.1) is 22.4 Å². The summed E-state index contributed by atoms with van der Waals surface area (Å²) in [6, 6.07) is 76.5. The molecule has 8 aromatic carbocycles.